The van der Waals surface area contributed by atoms with E-state index in [-0.39, 0.29) is 6.10 Å². The second-order valence-electron chi connectivity index (χ2n) is 5.99. The first-order chi connectivity index (χ1) is 8.76. The zero-order valence-electron chi connectivity index (χ0n) is 13.0. The number of hydrogen-bond donors (Lipinski definition) is 3. The van der Waals surface area contributed by atoms with Gasteiger partial charge in [0.25, 0.3) is 0 Å². The minimum absolute atomic E-state index is 0.175. The molecule has 0 bridgehead atoms. The van der Waals surface area contributed by atoms with Crippen LogP contribution in [0.2, 0.25) is 0 Å². The Morgan fingerprint density at radius 1 is 1.32 bits per heavy atom. The maximum absolute atomic E-state index is 9.95. The molecule has 0 saturated heterocycles. The third-order valence-electron chi connectivity index (χ3n) is 2.72. The van der Waals surface area contributed by atoms with Crippen molar-refractivity contribution in [3.63, 3.8) is 0 Å². The lowest BCUT2D eigenvalue weighted by molar-refractivity contribution is -0.0105. The maximum Gasteiger partial charge on any atom is 0.0897 e. The molecular formula is C14H31NO3S. The van der Waals surface area contributed by atoms with Crippen LogP contribution < -0.4 is 5.32 Å². The fraction of sp³-hybridized carbons (Fsp3) is 1.00. The molecule has 0 spiro atoms. The first-order valence-corrected chi connectivity index (χ1v) is 8.38. The molecule has 0 amide bonds. The Morgan fingerprint density at radius 2 is 1.95 bits per heavy atom. The van der Waals surface area contributed by atoms with E-state index in [0.29, 0.717) is 31.4 Å². The van der Waals surface area contributed by atoms with Crippen LogP contribution >= 0.6 is 11.8 Å². The van der Waals surface area contributed by atoms with Crippen LogP contribution in [0.4, 0.5) is 0 Å². The fourth-order valence-corrected chi connectivity index (χ4v) is 2.66. The van der Waals surface area contributed by atoms with Crippen molar-refractivity contribution in [2.45, 2.75) is 51.9 Å². The molecule has 0 aliphatic carbocycles. The van der Waals surface area contributed by atoms with E-state index in [9.17, 15) is 10.2 Å². The van der Waals surface area contributed by atoms with Gasteiger partial charge in [0.05, 0.1) is 24.4 Å². The van der Waals surface area contributed by atoms with Crippen LogP contribution in [-0.2, 0) is 4.74 Å². The number of hydrogen-bond acceptors (Lipinski definition) is 5. The normalized spacial score (nSPS) is 18.3. The molecule has 5 heteroatoms. The molecule has 0 heterocycles. The highest BCUT2D eigenvalue weighted by Gasteiger charge is 2.19. The summed E-state index contributed by atoms with van der Waals surface area (Å²) in [6.45, 7) is 9.40. The molecule has 0 saturated carbocycles. The van der Waals surface area contributed by atoms with Crippen molar-refractivity contribution in [2.75, 3.05) is 31.7 Å². The van der Waals surface area contributed by atoms with Crippen molar-refractivity contribution in [1.82, 2.24) is 5.32 Å². The largest absolute Gasteiger partial charge is 0.389 e. The maximum atomic E-state index is 9.95. The number of aliphatic hydroxyl groups is 2. The van der Waals surface area contributed by atoms with Gasteiger partial charge in [-0.1, -0.05) is 13.8 Å². The van der Waals surface area contributed by atoms with Gasteiger partial charge in [-0.25, -0.2) is 0 Å². The number of nitrogens with one attached hydrogen (secondary N) is 1. The zero-order chi connectivity index (χ0) is 14.9. The molecule has 0 aliphatic rings. The van der Waals surface area contributed by atoms with Crippen LogP contribution in [0.1, 0.15) is 34.1 Å². The van der Waals surface area contributed by atoms with Gasteiger partial charge in [0.15, 0.2) is 0 Å². The van der Waals surface area contributed by atoms with E-state index in [4.69, 9.17) is 4.74 Å². The first kappa shape index (κ1) is 19.2. The Morgan fingerprint density at radius 3 is 2.47 bits per heavy atom. The van der Waals surface area contributed by atoms with Crippen molar-refractivity contribution in [3.8, 4) is 0 Å². The van der Waals surface area contributed by atoms with E-state index in [0.717, 1.165) is 6.42 Å². The molecule has 0 rings (SSSR count). The summed E-state index contributed by atoms with van der Waals surface area (Å²) >= 11 is 1.61. The minimum atomic E-state index is -0.731. The molecule has 0 aromatic heterocycles. The minimum Gasteiger partial charge on any atom is -0.389 e. The van der Waals surface area contributed by atoms with Crippen LogP contribution in [0.25, 0.3) is 0 Å². The van der Waals surface area contributed by atoms with Gasteiger partial charge in [0.1, 0.15) is 0 Å². The van der Waals surface area contributed by atoms with Crippen LogP contribution in [0.3, 0.4) is 0 Å². The lowest BCUT2D eigenvalue weighted by Crippen LogP contribution is -2.43. The van der Waals surface area contributed by atoms with Gasteiger partial charge in [0, 0.05) is 18.8 Å². The summed E-state index contributed by atoms with van der Waals surface area (Å²) in [5, 5.41) is 22.8. The summed E-state index contributed by atoms with van der Waals surface area (Å²) in [6.07, 6.45) is 2.62. The predicted molar refractivity (Wildman–Crippen MR) is 82.8 cm³/mol. The van der Waals surface area contributed by atoms with Gasteiger partial charge in [-0.3, -0.25) is 0 Å². The van der Waals surface area contributed by atoms with Gasteiger partial charge < -0.3 is 20.3 Å². The number of ether oxygens (including phenoxy) is 1. The topological polar surface area (TPSA) is 61.7 Å². The number of aliphatic hydroxyl groups excluding tert-OH is 1. The summed E-state index contributed by atoms with van der Waals surface area (Å²) in [5.41, 5.74) is -0.731. The van der Waals surface area contributed by atoms with Crippen molar-refractivity contribution in [1.29, 1.82) is 0 Å². The summed E-state index contributed by atoms with van der Waals surface area (Å²) in [5.74, 6) is 1.28. The fourth-order valence-electron chi connectivity index (χ4n) is 1.94. The average molecular weight is 293 g/mol. The van der Waals surface area contributed by atoms with Crippen molar-refractivity contribution < 1.29 is 14.9 Å². The second-order valence-corrected chi connectivity index (χ2v) is 6.85. The molecular weight excluding hydrogens is 262 g/mol. The van der Waals surface area contributed by atoms with E-state index in [1.165, 1.54) is 0 Å². The van der Waals surface area contributed by atoms with Crippen LogP contribution in [0.5, 0.6) is 0 Å². The van der Waals surface area contributed by atoms with Crippen molar-refractivity contribution >= 4 is 11.8 Å². The molecule has 0 aliphatic heterocycles. The van der Waals surface area contributed by atoms with Gasteiger partial charge in [0.2, 0.25) is 0 Å². The molecule has 0 fully saturated rings. The number of thioether (sulfide) groups is 1. The smallest absolute Gasteiger partial charge is 0.0897 e. The van der Waals surface area contributed by atoms with E-state index >= 15 is 0 Å². The molecule has 3 N–H and O–H groups in total. The Bertz CT molecular complexity index is 225. The highest BCUT2D eigenvalue weighted by molar-refractivity contribution is 7.98. The van der Waals surface area contributed by atoms with Gasteiger partial charge in [-0.2, -0.15) is 11.8 Å². The predicted octanol–water partition coefficient (Wildman–Crippen LogP) is 1.50. The van der Waals surface area contributed by atoms with E-state index in [1.807, 2.05) is 13.2 Å². The van der Waals surface area contributed by atoms with Crippen molar-refractivity contribution in [2.24, 2.45) is 5.92 Å². The van der Waals surface area contributed by atoms with Gasteiger partial charge in [-0.15, -0.1) is 0 Å². The quantitative estimate of drug-likeness (QED) is 0.539. The second kappa shape index (κ2) is 10.00. The first-order valence-electron chi connectivity index (χ1n) is 6.98. The average Bonchev–Trinajstić information content (AvgIpc) is 2.25. The zero-order valence-corrected chi connectivity index (χ0v) is 13.8. The Balaban J connectivity index is 3.67. The Kier molecular flexibility index (Phi) is 10.1. The SMILES string of the molecule is CSCC(C)(O)CNCC(O)COC(C)CC(C)C. The third-order valence-corrected chi connectivity index (χ3v) is 3.63. The molecule has 19 heavy (non-hydrogen) atoms. The summed E-state index contributed by atoms with van der Waals surface area (Å²) in [6, 6.07) is 0. The Labute approximate surface area is 122 Å². The standard InChI is InChI=1S/C14H31NO3S/c1-11(2)6-12(3)18-8-13(16)7-15-9-14(4,17)10-19-5/h11-13,15-17H,6-10H2,1-5H3. The van der Waals surface area contributed by atoms with Crippen LogP contribution in [-0.4, -0.2) is 59.7 Å². The number of rotatable bonds is 11. The monoisotopic (exact) mass is 293 g/mol. The molecule has 4 nitrogen and oxygen atoms in total. The van der Waals surface area contributed by atoms with Gasteiger partial charge >= 0.3 is 0 Å². The van der Waals surface area contributed by atoms with E-state index in [2.05, 4.69) is 19.2 Å². The Hall–Kier alpha value is 0.190. The highest BCUT2D eigenvalue weighted by atomic mass is 32.2. The highest BCUT2D eigenvalue weighted by Crippen LogP contribution is 2.09. The van der Waals surface area contributed by atoms with Crippen molar-refractivity contribution in [3.05, 3.63) is 0 Å². The van der Waals surface area contributed by atoms with Gasteiger partial charge in [-0.05, 0) is 32.4 Å². The van der Waals surface area contributed by atoms with Crippen LogP contribution in [0.15, 0.2) is 0 Å². The summed E-state index contributed by atoms with van der Waals surface area (Å²) < 4.78 is 5.59. The summed E-state index contributed by atoms with van der Waals surface area (Å²) in [7, 11) is 0. The van der Waals surface area contributed by atoms with E-state index < -0.39 is 11.7 Å². The van der Waals surface area contributed by atoms with Crippen LogP contribution in [0, 0.1) is 5.92 Å². The molecule has 3 unspecified atom stereocenters. The molecule has 116 valence electrons. The molecule has 0 aromatic carbocycles. The lowest BCUT2D eigenvalue weighted by Gasteiger charge is -2.24. The third kappa shape index (κ3) is 11.7. The molecule has 3 atom stereocenters. The molecule has 0 radical (unpaired) electrons. The molecule has 0 aromatic rings. The summed E-state index contributed by atoms with van der Waals surface area (Å²) in [4.78, 5) is 0. The lowest BCUT2D eigenvalue weighted by atomic mass is 10.1. The van der Waals surface area contributed by atoms with E-state index in [1.54, 1.807) is 18.7 Å².